The highest BCUT2D eigenvalue weighted by molar-refractivity contribution is 14.1. The van der Waals surface area contributed by atoms with Gasteiger partial charge in [0.05, 0.1) is 17.7 Å². The molecular weight excluding hydrogens is 689 g/mol. The number of carbonyl (C=O) groups is 2. The fraction of sp³-hybridized carbons (Fsp3) is 0.346. The lowest BCUT2D eigenvalue weighted by Crippen LogP contribution is -2.47. The first-order valence-electron chi connectivity index (χ1n) is 11.8. The summed E-state index contributed by atoms with van der Waals surface area (Å²) in [6.45, 7) is 4.37. The Kier molecular flexibility index (Phi) is 9.62. The number of benzene rings is 2. The van der Waals surface area contributed by atoms with E-state index >= 15 is 0 Å². The predicted octanol–water partition coefficient (Wildman–Crippen LogP) is 6.02. The van der Waals surface area contributed by atoms with Crippen LogP contribution >= 0.6 is 22.6 Å². The Balaban J connectivity index is 1.86. The number of nitrogens with one attached hydrogen (secondary N) is 2. The van der Waals surface area contributed by atoms with E-state index in [2.05, 4.69) is 15.7 Å². The highest BCUT2D eigenvalue weighted by Gasteiger charge is 2.41. The zero-order valence-electron chi connectivity index (χ0n) is 22.1. The van der Waals surface area contributed by atoms with Crippen LogP contribution in [0.15, 0.2) is 42.5 Å². The first kappa shape index (κ1) is 32.6. The van der Waals surface area contributed by atoms with Gasteiger partial charge in [0, 0.05) is 43.7 Å². The van der Waals surface area contributed by atoms with Crippen molar-refractivity contribution < 1.29 is 40.1 Å². The van der Waals surface area contributed by atoms with Gasteiger partial charge in [0.2, 0.25) is 0 Å². The van der Waals surface area contributed by atoms with Gasteiger partial charge in [-0.15, -0.1) is 0 Å². The maximum atomic E-state index is 13.3. The molecule has 2 amide bonds. The number of hydrogen-bond donors (Lipinski definition) is 2. The first-order chi connectivity index (χ1) is 18.8. The summed E-state index contributed by atoms with van der Waals surface area (Å²) in [7, 11) is -1.19. The number of hydrogen-bond acceptors (Lipinski definition) is 4. The Labute approximate surface area is 247 Å². The molecule has 0 aliphatic heterocycles. The molecule has 2 N–H and O–H groups in total. The summed E-state index contributed by atoms with van der Waals surface area (Å²) in [5, 5.41) is 8.57. The summed E-state index contributed by atoms with van der Waals surface area (Å²) in [5.74, 6) is -0.987. The van der Waals surface area contributed by atoms with Gasteiger partial charge in [-0.25, -0.2) is 0 Å². The predicted molar refractivity (Wildman–Crippen MR) is 150 cm³/mol. The summed E-state index contributed by atoms with van der Waals surface area (Å²) in [5.41, 5.74) is -2.96. The maximum Gasteiger partial charge on any atom is 0.435 e. The summed E-state index contributed by atoms with van der Waals surface area (Å²) in [6.07, 6.45) is -8.60. The maximum absolute atomic E-state index is 13.3. The number of carbonyl (C=O) groups excluding carboxylic acids is 2. The Bertz CT molecular complexity index is 1500. The minimum Gasteiger partial charge on any atom is -0.346 e. The molecular formula is C26H25F6IN4O3S. The Morgan fingerprint density at radius 2 is 1.66 bits per heavy atom. The van der Waals surface area contributed by atoms with E-state index in [0.29, 0.717) is 9.13 Å². The van der Waals surface area contributed by atoms with E-state index < -0.39 is 58.4 Å². The number of amides is 2. The van der Waals surface area contributed by atoms with Gasteiger partial charge in [0.25, 0.3) is 11.8 Å². The van der Waals surface area contributed by atoms with Crippen LogP contribution in [0.4, 0.5) is 32.0 Å². The Morgan fingerprint density at radius 1 is 1.00 bits per heavy atom. The van der Waals surface area contributed by atoms with Crippen molar-refractivity contribution in [3.05, 3.63) is 79.7 Å². The summed E-state index contributed by atoms with van der Waals surface area (Å²) in [4.78, 5) is 26.4. The zero-order valence-corrected chi connectivity index (χ0v) is 25.1. The van der Waals surface area contributed by atoms with Crippen molar-refractivity contribution in [1.82, 2.24) is 15.1 Å². The molecule has 222 valence electrons. The number of aromatic nitrogens is 2. The molecule has 3 aromatic rings. The van der Waals surface area contributed by atoms with Crippen LogP contribution in [-0.2, 0) is 29.7 Å². The number of anilines is 1. The lowest BCUT2D eigenvalue weighted by atomic mass is 10.0. The quantitative estimate of drug-likeness (QED) is 0.221. The minimum absolute atomic E-state index is 0.0425. The second-order valence-electron chi connectivity index (χ2n) is 9.89. The minimum atomic E-state index is -5.06. The zero-order chi connectivity index (χ0) is 30.9. The lowest BCUT2D eigenvalue weighted by Gasteiger charge is -2.26. The third-order valence-corrected chi connectivity index (χ3v) is 7.76. The highest BCUT2D eigenvalue weighted by Crippen LogP contribution is 2.35. The van der Waals surface area contributed by atoms with E-state index in [9.17, 15) is 40.1 Å². The van der Waals surface area contributed by atoms with Gasteiger partial charge >= 0.3 is 12.4 Å². The molecule has 3 rings (SSSR count). The number of halogens is 7. The number of nitrogens with zero attached hydrogens (tertiary/aromatic N) is 2. The van der Waals surface area contributed by atoms with Crippen LogP contribution in [0.25, 0.3) is 0 Å². The van der Waals surface area contributed by atoms with Crippen molar-refractivity contribution in [1.29, 1.82) is 0 Å². The summed E-state index contributed by atoms with van der Waals surface area (Å²) < 4.78 is 91.4. The number of rotatable bonds is 8. The molecule has 7 nitrogen and oxygen atoms in total. The van der Waals surface area contributed by atoms with Gasteiger partial charge in [0.1, 0.15) is 5.69 Å². The molecule has 0 aliphatic carbocycles. The smallest absolute Gasteiger partial charge is 0.346 e. The van der Waals surface area contributed by atoms with E-state index in [1.807, 2.05) is 22.6 Å². The van der Waals surface area contributed by atoms with Crippen LogP contribution in [0.3, 0.4) is 0 Å². The molecule has 0 bridgehead atoms. The molecule has 0 fully saturated rings. The molecule has 0 saturated heterocycles. The molecule has 1 unspecified atom stereocenters. The van der Waals surface area contributed by atoms with Crippen molar-refractivity contribution in [2.45, 2.75) is 45.2 Å². The molecule has 1 aromatic heterocycles. The second kappa shape index (κ2) is 12.1. The normalized spacial score (nSPS) is 13.1. The van der Waals surface area contributed by atoms with Gasteiger partial charge < -0.3 is 10.6 Å². The van der Waals surface area contributed by atoms with E-state index in [4.69, 9.17) is 0 Å². The van der Waals surface area contributed by atoms with Crippen molar-refractivity contribution in [3.63, 3.8) is 0 Å². The molecule has 0 saturated carbocycles. The molecule has 0 spiro atoms. The van der Waals surface area contributed by atoms with Crippen molar-refractivity contribution in [2.75, 3.05) is 17.3 Å². The van der Waals surface area contributed by atoms with E-state index in [0.717, 1.165) is 0 Å². The van der Waals surface area contributed by atoms with Crippen LogP contribution < -0.4 is 10.6 Å². The average Bonchev–Trinajstić information content (AvgIpc) is 3.24. The third kappa shape index (κ3) is 8.30. The van der Waals surface area contributed by atoms with Gasteiger partial charge in [-0.3, -0.25) is 18.5 Å². The van der Waals surface area contributed by atoms with Crippen LogP contribution in [-0.4, -0.2) is 43.4 Å². The number of alkyl halides is 6. The largest absolute Gasteiger partial charge is 0.435 e. The molecule has 0 radical (unpaired) electrons. The molecule has 41 heavy (non-hydrogen) atoms. The summed E-state index contributed by atoms with van der Waals surface area (Å²) in [6, 6.07) is 8.82. The highest BCUT2D eigenvalue weighted by atomic mass is 127. The van der Waals surface area contributed by atoms with Crippen molar-refractivity contribution in [3.8, 4) is 0 Å². The SMILES string of the molecule is Cc1cc(Cn2nc(C(F)(F)F)cc2C(F)(F)F)ccc1NC(=O)c1cccc(I)c1C(=O)NC(C)(C)CS(C)=O. The molecule has 1 atom stereocenters. The van der Waals surface area contributed by atoms with Crippen molar-refractivity contribution >= 4 is 50.9 Å². The Hall–Kier alpha value is -2.95. The second-order valence-corrected chi connectivity index (χ2v) is 12.5. The van der Waals surface area contributed by atoms with Crippen LogP contribution in [0.1, 0.15) is 57.1 Å². The third-order valence-electron chi connectivity index (χ3n) is 5.73. The summed E-state index contributed by atoms with van der Waals surface area (Å²) >= 11 is 1.92. The fourth-order valence-electron chi connectivity index (χ4n) is 4.09. The average molecular weight is 714 g/mol. The van der Waals surface area contributed by atoms with Crippen LogP contribution in [0.5, 0.6) is 0 Å². The van der Waals surface area contributed by atoms with E-state index in [1.165, 1.54) is 30.5 Å². The van der Waals surface area contributed by atoms with Gasteiger partial charge in [0.15, 0.2) is 5.69 Å². The molecule has 15 heteroatoms. The molecule has 1 heterocycles. The van der Waals surface area contributed by atoms with Gasteiger partial charge in [-0.1, -0.05) is 18.2 Å². The monoisotopic (exact) mass is 714 g/mol. The fourth-order valence-corrected chi connectivity index (χ4v) is 5.92. The Morgan fingerprint density at radius 3 is 2.22 bits per heavy atom. The van der Waals surface area contributed by atoms with E-state index in [-0.39, 0.29) is 38.9 Å². The van der Waals surface area contributed by atoms with Crippen molar-refractivity contribution in [2.24, 2.45) is 0 Å². The molecule has 0 aliphatic rings. The number of aryl methyl sites for hydroxylation is 1. The molecule has 2 aromatic carbocycles. The van der Waals surface area contributed by atoms with E-state index in [1.54, 1.807) is 32.9 Å². The first-order valence-corrected chi connectivity index (χ1v) is 14.6. The topological polar surface area (TPSA) is 93.1 Å². The van der Waals surface area contributed by atoms with Crippen LogP contribution in [0, 0.1) is 10.5 Å². The van der Waals surface area contributed by atoms with Gasteiger partial charge in [-0.2, -0.15) is 31.4 Å². The standard InChI is InChI=1S/C26H25F6IN4O3S/c1-14-10-15(12-37-20(26(30,31)32)11-19(36-37)25(27,28)29)8-9-18(14)34-22(38)16-6-5-7-17(33)21(16)23(39)35-24(2,3)13-41(4)40/h5-11H,12-13H2,1-4H3,(H,34,38)(H,35,39). The van der Waals surface area contributed by atoms with Crippen LogP contribution in [0.2, 0.25) is 0 Å². The lowest BCUT2D eigenvalue weighted by molar-refractivity contribution is -0.144. The van der Waals surface area contributed by atoms with Gasteiger partial charge in [-0.05, 0) is 72.7 Å².